The first-order valence-electron chi connectivity index (χ1n) is 4.54. The van der Waals surface area contributed by atoms with E-state index in [-0.39, 0.29) is 10.7 Å². The van der Waals surface area contributed by atoms with Crippen molar-refractivity contribution >= 4 is 17.6 Å². The van der Waals surface area contributed by atoms with E-state index in [0.29, 0.717) is 5.56 Å². The van der Waals surface area contributed by atoms with Crippen LogP contribution in [0.1, 0.15) is 17.2 Å². The Hall–Kier alpha value is -1.17. The number of aromatic nitrogens is 1. The minimum Gasteiger partial charge on any atom is -0.467 e. The molecule has 0 fully saturated rings. The summed E-state index contributed by atoms with van der Waals surface area (Å²) in [5.74, 6) is -0.924. The number of aryl methyl sites for hydroxylation is 1. The third kappa shape index (κ3) is 2.49. The van der Waals surface area contributed by atoms with E-state index in [4.69, 9.17) is 11.6 Å². The number of pyridine rings is 1. The van der Waals surface area contributed by atoms with E-state index in [1.54, 1.807) is 13.0 Å². The van der Waals surface area contributed by atoms with Crippen molar-refractivity contribution in [3.63, 3.8) is 0 Å². The maximum absolute atomic E-state index is 11.1. The van der Waals surface area contributed by atoms with Crippen LogP contribution in [0.5, 0.6) is 0 Å². The lowest BCUT2D eigenvalue weighted by Crippen LogP contribution is -2.29. The van der Waals surface area contributed by atoms with Gasteiger partial charge in [-0.15, -0.1) is 0 Å². The molecule has 0 aliphatic carbocycles. The lowest BCUT2D eigenvalue weighted by atomic mass is 10.0. The molecule has 0 aliphatic heterocycles. The molecule has 0 saturated carbocycles. The predicted octanol–water partition coefficient (Wildman–Crippen LogP) is 0.611. The minimum atomic E-state index is -1.68. The molecule has 88 valence electrons. The Bertz CT molecular complexity index is 376. The van der Waals surface area contributed by atoms with Crippen molar-refractivity contribution in [2.24, 2.45) is 0 Å². The van der Waals surface area contributed by atoms with Crippen LogP contribution in [0.3, 0.4) is 0 Å². The molecule has 5 nitrogen and oxygen atoms in total. The summed E-state index contributed by atoms with van der Waals surface area (Å²) >= 11 is 5.78. The second-order valence-corrected chi connectivity index (χ2v) is 3.60. The number of rotatable bonds is 3. The number of nitrogens with zero attached hydrogens (tertiary/aromatic N) is 1. The maximum atomic E-state index is 11.1. The van der Waals surface area contributed by atoms with Crippen LogP contribution in [0.4, 0.5) is 0 Å². The lowest BCUT2D eigenvalue weighted by Gasteiger charge is -2.18. The zero-order valence-corrected chi connectivity index (χ0v) is 9.60. The third-order valence-electron chi connectivity index (χ3n) is 2.20. The van der Waals surface area contributed by atoms with Crippen LogP contribution in [0.2, 0.25) is 5.15 Å². The summed E-state index contributed by atoms with van der Waals surface area (Å²) < 4.78 is 4.32. The van der Waals surface area contributed by atoms with Crippen molar-refractivity contribution < 1.29 is 19.7 Å². The van der Waals surface area contributed by atoms with Crippen molar-refractivity contribution in [2.75, 3.05) is 7.11 Å². The van der Waals surface area contributed by atoms with Crippen LogP contribution < -0.4 is 0 Å². The van der Waals surface area contributed by atoms with E-state index in [0.717, 1.165) is 7.11 Å². The Balaban J connectivity index is 3.04. The van der Waals surface area contributed by atoms with Gasteiger partial charge in [-0.1, -0.05) is 11.6 Å². The van der Waals surface area contributed by atoms with E-state index < -0.39 is 18.2 Å². The number of aliphatic hydroxyl groups excluding tert-OH is 2. The van der Waals surface area contributed by atoms with E-state index >= 15 is 0 Å². The Morgan fingerprint density at radius 1 is 1.56 bits per heavy atom. The fraction of sp³-hybridized carbons (Fsp3) is 0.400. The first-order valence-corrected chi connectivity index (χ1v) is 4.91. The van der Waals surface area contributed by atoms with Crippen LogP contribution in [0.15, 0.2) is 12.3 Å². The molecule has 1 aromatic heterocycles. The molecule has 1 heterocycles. The average molecular weight is 246 g/mol. The van der Waals surface area contributed by atoms with E-state index in [1.165, 1.54) is 6.20 Å². The summed E-state index contributed by atoms with van der Waals surface area (Å²) in [6.07, 6.45) is -1.66. The second-order valence-electron chi connectivity index (χ2n) is 3.25. The number of carbonyl (C=O) groups excluding carboxylic acids is 1. The van der Waals surface area contributed by atoms with E-state index in [1.807, 2.05) is 0 Å². The number of aliphatic hydroxyl groups is 2. The van der Waals surface area contributed by atoms with E-state index in [2.05, 4.69) is 9.72 Å². The monoisotopic (exact) mass is 245 g/mol. The summed E-state index contributed by atoms with van der Waals surface area (Å²) in [5.41, 5.74) is 0.859. The maximum Gasteiger partial charge on any atom is 0.337 e. The fourth-order valence-corrected chi connectivity index (χ4v) is 1.62. The Morgan fingerprint density at radius 3 is 2.69 bits per heavy atom. The van der Waals surface area contributed by atoms with Crippen molar-refractivity contribution in [1.82, 2.24) is 4.98 Å². The second kappa shape index (κ2) is 5.25. The van der Waals surface area contributed by atoms with E-state index in [9.17, 15) is 15.0 Å². The van der Waals surface area contributed by atoms with Gasteiger partial charge in [0, 0.05) is 11.8 Å². The van der Waals surface area contributed by atoms with Crippen LogP contribution >= 0.6 is 11.6 Å². The van der Waals surface area contributed by atoms with Gasteiger partial charge in [-0.2, -0.15) is 0 Å². The van der Waals surface area contributed by atoms with Crippen LogP contribution in [-0.2, 0) is 9.53 Å². The molecular weight excluding hydrogens is 234 g/mol. The summed E-state index contributed by atoms with van der Waals surface area (Å²) in [4.78, 5) is 14.8. The highest BCUT2D eigenvalue weighted by molar-refractivity contribution is 6.30. The smallest absolute Gasteiger partial charge is 0.337 e. The zero-order valence-electron chi connectivity index (χ0n) is 8.85. The summed E-state index contributed by atoms with van der Waals surface area (Å²) in [7, 11) is 1.12. The lowest BCUT2D eigenvalue weighted by molar-refractivity contribution is -0.156. The number of halogens is 1. The first-order chi connectivity index (χ1) is 7.49. The fourth-order valence-electron chi connectivity index (χ4n) is 1.30. The number of methoxy groups -OCH3 is 1. The minimum absolute atomic E-state index is 0.0513. The third-order valence-corrected chi connectivity index (χ3v) is 2.50. The molecule has 2 atom stereocenters. The molecule has 6 heteroatoms. The van der Waals surface area contributed by atoms with Crippen LogP contribution in [0.25, 0.3) is 0 Å². The highest BCUT2D eigenvalue weighted by Gasteiger charge is 2.29. The van der Waals surface area contributed by atoms with Gasteiger partial charge in [-0.05, 0) is 18.6 Å². The molecular formula is C10H12ClNO4. The SMILES string of the molecule is COC(=O)C(O)C(O)c1c(C)ccnc1Cl. The van der Waals surface area contributed by atoms with Gasteiger partial charge < -0.3 is 14.9 Å². The van der Waals surface area contributed by atoms with Gasteiger partial charge >= 0.3 is 5.97 Å². The van der Waals surface area contributed by atoms with Crippen molar-refractivity contribution in [1.29, 1.82) is 0 Å². The Labute approximate surface area is 97.6 Å². The molecule has 16 heavy (non-hydrogen) atoms. The molecule has 0 aliphatic rings. The van der Waals surface area contributed by atoms with Gasteiger partial charge in [0.05, 0.1) is 7.11 Å². The quantitative estimate of drug-likeness (QED) is 0.603. The standard InChI is InChI=1S/C10H12ClNO4/c1-5-3-4-12-9(11)6(5)7(13)8(14)10(15)16-2/h3-4,7-8,13-14H,1-2H3. The Kier molecular flexibility index (Phi) is 4.23. The van der Waals surface area contributed by atoms with Gasteiger partial charge in [0.15, 0.2) is 6.10 Å². The molecule has 0 spiro atoms. The first kappa shape index (κ1) is 12.9. The Morgan fingerprint density at radius 2 is 2.19 bits per heavy atom. The van der Waals surface area contributed by atoms with Gasteiger partial charge in [0.2, 0.25) is 0 Å². The normalized spacial score (nSPS) is 14.3. The van der Waals surface area contributed by atoms with Crippen LogP contribution in [0, 0.1) is 6.92 Å². The van der Waals surface area contributed by atoms with Gasteiger partial charge in [0.25, 0.3) is 0 Å². The van der Waals surface area contributed by atoms with Gasteiger partial charge in [-0.25, -0.2) is 9.78 Å². The van der Waals surface area contributed by atoms with Gasteiger partial charge in [-0.3, -0.25) is 0 Å². The topological polar surface area (TPSA) is 79.7 Å². The number of ether oxygens (including phenoxy) is 1. The molecule has 1 rings (SSSR count). The average Bonchev–Trinajstić information content (AvgIpc) is 2.26. The zero-order chi connectivity index (χ0) is 12.3. The van der Waals surface area contributed by atoms with Crippen LogP contribution in [-0.4, -0.2) is 34.4 Å². The highest BCUT2D eigenvalue weighted by Crippen LogP contribution is 2.27. The molecule has 2 N–H and O–H groups in total. The number of carbonyl (C=O) groups is 1. The summed E-state index contributed by atoms with van der Waals surface area (Å²) in [5, 5.41) is 19.3. The van der Waals surface area contributed by atoms with Crippen molar-refractivity contribution in [3.8, 4) is 0 Å². The predicted molar refractivity (Wildman–Crippen MR) is 57.0 cm³/mol. The molecule has 0 bridgehead atoms. The summed E-state index contributed by atoms with van der Waals surface area (Å²) in [6, 6.07) is 1.62. The number of hydrogen-bond acceptors (Lipinski definition) is 5. The molecule has 0 saturated heterocycles. The molecule has 1 aromatic rings. The largest absolute Gasteiger partial charge is 0.467 e. The molecule has 2 unspecified atom stereocenters. The highest BCUT2D eigenvalue weighted by atomic mass is 35.5. The number of esters is 1. The van der Waals surface area contributed by atoms with Gasteiger partial charge in [0.1, 0.15) is 11.3 Å². The van der Waals surface area contributed by atoms with Crippen molar-refractivity contribution in [2.45, 2.75) is 19.1 Å². The summed E-state index contributed by atoms with van der Waals surface area (Å²) in [6.45, 7) is 1.69. The molecule has 0 amide bonds. The molecule has 0 aromatic carbocycles. The number of hydrogen-bond donors (Lipinski definition) is 2. The molecule has 0 radical (unpaired) electrons. The van der Waals surface area contributed by atoms with Crippen molar-refractivity contribution in [3.05, 3.63) is 28.5 Å².